The molecule has 0 saturated carbocycles. The van der Waals surface area contributed by atoms with Crippen LogP contribution in [0.15, 0.2) is 16.6 Å². The van der Waals surface area contributed by atoms with Gasteiger partial charge in [-0.05, 0) is 28.4 Å². The number of benzene rings is 1. The lowest BCUT2D eigenvalue weighted by molar-refractivity contribution is 0.596. The molecule has 5 heteroatoms. The zero-order chi connectivity index (χ0) is 12.4. The molecule has 1 unspecified atom stereocenters. The van der Waals surface area contributed by atoms with Gasteiger partial charge in [-0.15, -0.1) is 0 Å². The second-order valence-corrected chi connectivity index (χ2v) is 4.98. The number of halogens is 2. The largest absolute Gasteiger partial charge is 0.342 e. The van der Waals surface area contributed by atoms with Crippen LogP contribution in [0.4, 0.5) is 4.39 Å². The van der Waals surface area contributed by atoms with Crippen molar-refractivity contribution in [3.05, 3.63) is 28.2 Å². The molecule has 1 aromatic heterocycles. The minimum absolute atomic E-state index is 0.217. The summed E-state index contributed by atoms with van der Waals surface area (Å²) in [5, 5.41) is 0. The summed E-state index contributed by atoms with van der Waals surface area (Å²) in [5.41, 5.74) is 7.21. The molecule has 0 aliphatic heterocycles. The number of nitrogens with one attached hydrogen (secondary N) is 1. The third kappa shape index (κ3) is 2.50. The van der Waals surface area contributed by atoms with Crippen LogP contribution in [-0.4, -0.2) is 16.5 Å². The summed E-state index contributed by atoms with van der Waals surface area (Å²) >= 11 is 3.16. The molecule has 3 nitrogen and oxygen atoms in total. The molecule has 0 aliphatic carbocycles. The Kier molecular flexibility index (Phi) is 3.79. The topological polar surface area (TPSA) is 54.7 Å². The van der Waals surface area contributed by atoms with Crippen LogP contribution in [0.2, 0.25) is 0 Å². The summed E-state index contributed by atoms with van der Waals surface area (Å²) in [4.78, 5) is 7.62. The minimum atomic E-state index is -0.285. The van der Waals surface area contributed by atoms with Gasteiger partial charge < -0.3 is 10.7 Å². The van der Waals surface area contributed by atoms with Gasteiger partial charge in [0.2, 0.25) is 0 Å². The van der Waals surface area contributed by atoms with E-state index in [9.17, 15) is 4.39 Å². The predicted octanol–water partition coefficient (Wildman–Crippen LogP) is 3.31. The maximum absolute atomic E-state index is 13.4. The molecule has 0 amide bonds. The minimum Gasteiger partial charge on any atom is -0.342 e. The maximum Gasteiger partial charge on any atom is 0.139 e. The number of aromatic nitrogens is 2. The Labute approximate surface area is 108 Å². The van der Waals surface area contributed by atoms with E-state index in [0.717, 1.165) is 29.7 Å². The molecule has 3 N–H and O–H groups in total. The summed E-state index contributed by atoms with van der Waals surface area (Å²) < 4.78 is 13.8. The lowest BCUT2D eigenvalue weighted by Crippen LogP contribution is -2.13. The van der Waals surface area contributed by atoms with E-state index < -0.39 is 0 Å². The molecule has 17 heavy (non-hydrogen) atoms. The Morgan fingerprint density at radius 1 is 1.53 bits per heavy atom. The lowest BCUT2D eigenvalue weighted by atomic mass is 10.0. The molecule has 0 aliphatic rings. The first-order chi connectivity index (χ1) is 8.15. The first-order valence-corrected chi connectivity index (χ1v) is 6.49. The van der Waals surface area contributed by atoms with Gasteiger partial charge in [0.1, 0.15) is 11.6 Å². The van der Waals surface area contributed by atoms with Crippen molar-refractivity contribution < 1.29 is 4.39 Å². The Bertz CT molecular complexity index is 485. The molecule has 92 valence electrons. The van der Waals surface area contributed by atoms with Crippen molar-refractivity contribution in [1.82, 2.24) is 9.97 Å². The van der Waals surface area contributed by atoms with Gasteiger partial charge in [-0.3, -0.25) is 0 Å². The number of H-pyrrole nitrogens is 1. The van der Waals surface area contributed by atoms with Crippen molar-refractivity contribution in [3.63, 3.8) is 0 Å². The number of nitrogens with two attached hydrogens (primary N) is 1. The Balaban J connectivity index is 2.43. The molecular weight excluding hydrogens is 285 g/mol. The Morgan fingerprint density at radius 3 is 2.94 bits per heavy atom. The smallest absolute Gasteiger partial charge is 0.139 e. The van der Waals surface area contributed by atoms with Crippen LogP contribution >= 0.6 is 15.9 Å². The summed E-state index contributed by atoms with van der Waals surface area (Å²) in [6, 6.07) is 3.14. The van der Waals surface area contributed by atoms with Crippen molar-refractivity contribution in [3.8, 4) is 0 Å². The molecule has 0 radical (unpaired) electrons. The van der Waals surface area contributed by atoms with Crippen LogP contribution < -0.4 is 5.73 Å². The van der Waals surface area contributed by atoms with Crippen LogP contribution in [0, 0.1) is 5.82 Å². The fourth-order valence-electron chi connectivity index (χ4n) is 1.93. The molecule has 1 heterocycles. The highest BCUT2D eigenvalue weighted by Crippen LogP contribution is 2.25. The molecule has 0 spiro atoms. The first kappa shape index (κ1) is 12.5. The summed E-state index contributed by atoms with van der Waals surface area (Å²) in [6.07, 6.45) is 2.04. The summed E-state index contributed by atoms with van der Waals surface area (Å²) in [7, 11) is 0. The Morgan fingerprint density at radius 2 is 2.29 bits per heavy atom. The van der Waals surface area contributed by atoms with Crippen LogP contribution in [0.5, 0.6) is 0 Å². The quantitative estimate of drug-likeness (QED) is 0.910. The molecule has 2 aromatic rings. The van der Waals surface area contributed by atoms with Gasteiger partial charge in [-0.1, -0.05) is 13.3 Å². The monoisotopic (exact) mass is 299 g/mol. The molecule has 2 rings (SSSR count). The van der Waals surface area contributed by atoms with Crippen molar-refractivity contribution in [2.45, 2.75) is 25.7 Å². The molecule has 1 atom stereocenters. The van der Waals surface area contributed by atoms with Crippen LogP contribution in [0.3, 0.4) is 0 Å². The number of hydrogen-bond acceptors (Lipinski definition) is 2. The molecule has 0 fully saturated rings. The number of nitrogens with zero attached hydrogens (tertiary/aromatic N) is 1. The van der Waals surface area contributed by atoms with Crippen molar-refractivity contribution >= 4 is 27.0 Å². The number of rotatable bonds is 4. The van der Waals surface area contributed by atoms with E-state index in [1.807, 2.05) is 0 Å². The van der Waals surface area contributed by atoms with Gasteiger partial charge in [0.15, 0.2) is 0 Å². The molecule has 1 aromatic carbocycles. The highest BCUT2D eigenvalue weighted by molar-refractivity contribution is 9.10. The highest BCUT2D eigenvalue weighted by Gasteiger charge is 2.14. The number of imidazole rings is 1. The van der Waals surface area contributed by atoms with E-state index in [0.29, 0.717) is 11.0 Å². The van der Waals surface area contributed by atoms with Gasteiger partial charge in [-0.2, -0.15) is 0 Å². The van der Waals surface area contributed by atoms with Crippen molar-refractivity contribution in [2.75, 3.05) is 6.54 Å². The average Bonchev–Trinajstić information content (AvgIpc) is 2.69. The van der Waals surface area contributed by atoms with Crippen LogP contribution in [0.1, 0.15) is 31.5 Å². The van der Waals surface area contributed by atoms with Gasteiger partial charge >= 0.3 is 0 Å². The van der Waals surface area contributed by atoms with Crippen LogP contribution in [0.25, 0.3) is 11.0 Å². The molecule has 0 bridgehead atoms. The van der Waals surface area contributed by atoms with Crippen LogP contribution in [-0.2, 0) is 0 Å². The van der Waals surface area contributed by atoms with Crippen molar-refractivity contribution in [1.29, 1.82) is 0 Å². The standard InChI is InChI=1S/C12H15BrFN3/c1-2-3-7(6-15)12-16-10-4-8(13)9(14)5-11(10)17-12/h4-5,7H,2-3,6,15H2,1H3,(H,16,17). The van der Waals surface area contributed by atoms with E-state index in [1.165, 1.54) is 6.07 Å². The fraction of sp³-hybridized carbons (Fsp3) is 0.417. The van der Waals surface area contributed by atoms with Gasteiger partial charge in [-0.25, -0.2) is 9.37 Å². The number of fused-ring (bicyclic) bond motifs is 1. The van der Waals surface area contributed by atoms with E-state index in [2.05, 4.69) is 32.8 Å². The van der Waals surface area contributed by atoms with Gasteiger partial charge in [0.25, 0.3) is 0 Å². The number of aromatic amines is 1. The second-order valence-electron chi connectivity index (χ2n) is 4.13. The van der Waals surface area contributed by atoms with E-state index >= 15 is 0 Å². The van der Waals surface area contributed by atoms with Crippen molar-refractivity contribution in [2.24, 2.45) is 5.73 Å². The zero-order valence-electron chi connectivity index (χ0n) is 9.63. The third-order valence-corrected chi connectivity index (χ3v) is 3.46. The third-order valence-electron chi connectivity index (χ3n) is 2.85. The van der Waals surface area contributed by atoms with Gasteiger partial charge in [0, 0.05) is 18.5 Å². The van der Waals surface area contributed by atoms with Gasteiger partial charge in [0.05, 0.1) is 15.5 Å². The summed E-state index contributed by atoms with van der Waals surface area (Å²) in [6.45, 7) is 2.67. The fourth-order valence-corrected chi connectivity index (χ4v) is 2.26. The predicted molar refractivity (Wildman–Crippen MR) is 70.5 cm³/mol. The Hall–Kier alpha value is -0.940. The first-order valence-electron chi connectivity index (χ1n) is 5.70. The normalized spacial score (nSPS) is 13.2. The average molecular weight is 300 g/mol. The highest BCUT2D eigenvalue weighted by atomic mass is 79.9. The van der Waals surface area contributed by atoms with E-state index in [1.54, 1.807) is 6.07 Å². The second kappa shape index (κ2) is 5.14. The zero-order valence-corrected chi connectivity index (χ0v) is 11.2. The molecular formula is C12H15BrFN3. The maximum atomic E-state index is 13.4. The molecule has 0 saturated heterocycles. The SMILES string of the molecule is CCCC(CN)c1nc2cc(Br)c(F)cc2[nH]1. The number of hydrogen-bond donors (Lipinski definition) is 2. The van der Waals surface area contributed by atoms with E-state index in [-0.39, 0.29) is 11.7 Å². The lowest BCUT2D eigenvalue weighted by Gasteiger charge is -2.09. The summed E-state index contributed by atoms with van der Waals surface area (Å²) in [5.74, 6) is 0.781. The van der Waals surface area contributed by atoms with E-state index in [4.69, 9.17) is 5.73 Å².